The molecular formula is C17H38FP. The molecule has 19 heavy (non-hydrogen) atoms. The summed E-state index contributed by atoms with van der Waals surface area (Å²) in [6.45, 7) is 10.1. The Kier molecular flexibility index (Phi) is 8.11. The average molecular weight is 292 g/mol. The molecule has 0 aliphatic rings. The number of hydrogen-bond acceptors (Lipinski definition) is 0. The van der Waals surface area contributed by atoms with Crippen LogP contribution in [0.4, 0.5) is 4.20 Å². The predicted molar refractivity (Wildman–Crippen MR) is 91.7 cm³/mol. The van der Waals surface area contributed by atoms with E-state index in [1.165, 1.54) is 0 Å². The molecule has 0 aliphatic carbocycles. The molecule has 0 nitrogen and oxygen atoms in total. The summed E-state index contributed by atoms with van der Waals surface area (Å²) < 4.78 is 16.7. The normalized spacial score (nSPS) is 15.2. The van der Waals surface area contributed by atoms with Crippen molar-refractivity contribution < 1.29 is 4.20 Å². The summed E-state index contributed by atoms with van der Waals surface area (Å²) in [5, 5.41) is -0.0922. The first-order chi connectivity index (χ1) is 8.80. The molecule has 0 aromatic heterocycles. The van der Waals surface area contributed by atoms with Gasteiger partial charge in [-0.25, -0.2) is 0 Å². The fraction of sp³-hybridized carbons (Fsp3) is 1.00. The van der Waals surface area contributed by atoms with Gasteiger partial charge in [0.05, 0.1) is 0 Å². The first-order valence-electron chi connectivity index (χ1n) is 8.52. The summed E-state index contributed by atoms with van der Waals surface area (Å²) in [7, 11) is 0. The van der Waals surface area contributed by atoms with E-state index in [0.29, 0.717) is 0 Å². The molecule has 0 heterocycles. The Bertz CT molecular complexity index is 223. The van der Waals surface area contributed by atoms with Gasteiger partial charge in [0, 0.05) is 0 Å². The van der Waals surface area contributed by atoms with Gasteiger partial charge in [-0.1, -0.05) is 0 Å². The molecule has 0 aromatic rings. The van der Waals surface area contributed by atoms with Crippen molar-refractivity contribution in [2.45, 2.75) is 91.6 Å². The first kappa shape index (κ1) is 19.4. The van der Waals surface area contributed by atoms with Crippen molar-refractivity contribution in [3.63, 3.8) is 0 Å². The van der Waals surface area contributed by atoms with E-state index in [-0.39, 0.29) is 5.16 Å². The Balaban J connectivity index is 5.41. The summed E-state index contributed by atoms with van der Waals surface area (Å²) in [4.78, 5) is 0. The van der Waals surface area contributed by atoms with Gasteiger partial charge in [-0.2, -0.15) is 0 Å². The van der Waals surface area contributed by atoms with Crippen molar-refractivity contribution in [1.29, 1.82) is 0 Å². The van der Waals surface area contributed by atoms with E-state index in [2.05, 4.69) is 41.5 Å². The molecule has 0 saturated carbocycles. The van der Waals surface area contributed by atoms with Crippen LogP contribution < -0.4 is 0 Å². The molecule has 0 saturated heterocycles. The standard InChI is InChI=1S/C17H38FP/c1-7-11-14-19(18,15-12-8-2,16-13-9-3)17(5,6)10-4/h7-16H2,1-6H3. The van der Waals surface area contributed by atoms with Gasteiger partial charge in [0.2, 0.25) is 0 Å². The molecular weight excluding hydrogens is 254 g/mol. The van der Waals surface area contributed by atoms with Crippen molar-refractivity contribution in [3.05, 3.63) is 0 Å². The maximum absolute atomic E-state index is 16.7. The van der Waals surface area contributed by atoms with Gasteiger partial charge < -0.3 is 0 Å². The minimum atomic E-state index is -3.08. The zero-order chi connectivity index (χ0) is 15.0. The van der Waals surface area contributed by atoms with Crippen molar-refractivity contribution in [2.75, 3.05) is 18.5 Å². The van der Waals surface area contributed by atoms with Crippen LogP contribution in [0.15, 0.2) is 0 Å². The number of rotatable bonds is 11. The van der Waals surface area contributed by atoms with Gasteiger partial charge in [0.15, 0.2) is 0 Å². The van der Waals surface area contributed by atoms with E-state index in [9.17, 15) is 0 Å². The molecule has 0 unspecified atom stereocenters. The molecule has 0 radical (unpaired) electrons. The monoisotopic (exact) mass is 292 g/mol. The van der Waals surface area contributed by atoms with Gasteiger partial charge in [-0.3, -0.25) is 0 Å². The third kappa shape index (κ3) is 4.42. The molecule has 0 fully saturated rings. The van der Waals surface area contributed by atoms with Crippen molar-refractivity contribution in [3.8, 4) is 0 Å². The van der Waals surface area contributed by atoms with Crippen LogP contribution in [-0.2, 0) is 0 Å². The van der Waals surface area contributed by atoms with Crippen molar-refractivity contribution in [1.82, 2.24) is 0 Å². The zero-order valence-electron chi connectivity index (χ0n) is 14.4. The van der Waals surface area contributed by atoms with Crippen LogP contribution in [0.5, 0.6) is 0 Å². The van der Waals surface area contributed by atoms with Crippen LogP contribution in [-0.4, -0.2) is 23.6 Å². The topological polar surface area (TPSA) is 0 Å². The summed E-state index contributed by atoms with van der Waals surface area (Å²) in [5.41, 5.74) is 0. The summed E-state index contributed by atoms with van der Waals surface area (Å²) >= 11 is 0. The quantitative estimate of drug-likeness (QED) is 0.359. The van der Waals surface area contributed by atoms with E-state index in [1.54, 1.807) is 0 Å². The molecule has 0 aromatic carbocycles. The second-order valence-electron chi connectivity index (χ2n) is 6.99. The van der Waals surface area contributed by atoms with E-state index in [1.807, 2.05) is 0 Å². The van der Waals surface area contributed by atoms with Crippen LogP contribution in [0.2, 0.25) is 0 Å². The first-order valence-corrected chi connectivity index (χ1v) is 11.2. The second-order valence-corrected chi connectivity index (χ2v) is 12.7. The Morgan fingerprint density at radius 3 is 1.26 bits per heavy atom. The van der Waals surface area contributed by atoms with Crippen LogP contribution in [0.3, 0.4) is 0 Å². The van der Waals surface area contributed by atoms with E-state index in [4.69, 9.17) is 0 Å². The molecule has 2 heteroatoms. The van der Waals surface area contributed by atoms with E-state index < -0.39 is 6.91 Å². The number of halogens is 1. The third-order valence-electron chi connectivity index (χ3n) is 5.45. The van der Waals surface area contributed by atoms with E-state index in [0.717, 1.165) is 63.4 Å². The fourth-order valence-electron chi connectivity index (χ4n) is 3.20. The Hall–Kier alpha value is 0.360. The predicted octanol–water partition coefficient (Wildman–Crippen LogP) is 7.01. The van der Waals surface area contributed by atoms with Gasteiger partial charge >= 0.3 is 121 Å². The number of hydrogen-bond donors (Lipinski definition) is 0. The van der Waals surface area contributed by atoms with Crippen LogP contribution in [0.25, 0.3) is 0 Å². The number of unbranched alkanes of at least 4 members (excludes halogenated alkanes) is 3. The average Bonchev–Trinajstić information content (AvgIpc) is 2.41. The SMILES string of the molecule is CCCCP(F)(CCCC)(CCCC)C(C)(C)CC. The molecule has 0 aliphatic heterocycles. The van der Waals surface area contributed by atoms with Crippen LogP contribution in [0, 0.1) is 0 Å². The summed E-state index contributed by atoms with van der Waals surface area (Å²) in [6.07, 6.45) is 10.2. The second kappa shape index (κ2) is 7.96. The van der Waals surface area contributed by atoms with Crippen LogP contribution in [0.1, 0.15) is 86.5 Å². The molecule has 0 bridgehead atoms. The van der Waals surface area contributed by atoms with Gasteiger partial charge in [0.1, 0.15) is 0 Å². The van der Waals surface area contributed by atoms with Crippen LogP contribution >= 0.6 is 6.91 Å². The molecule has 0 atom stereocenters. The Morgan fingerprint density at radius 2 is 1.05 bits per heavy atom. The molecule has 0 spiro atoms. The van der Waals surface area contributed by atoms with Crippen molar-refractivity contribution in [2.24, 2.45) is 0 Å². The third-order valence-corrected chi connectivity index (χ3v) is 12.8. The molecule has 0 rings (SSSR count). The molecule has 118 valence electrons. The van der Waals surface area contributed by atoms with Gasteiger partial charge in [-0.15, -0.1) is 0 Å². The minimum absolute atomic E-state index is 0.0922. The molecule has 0 N–H and O–H groups in total. The maximum atomic E-state index is 16.7. The summed E-state index contributed by atoms with van der Waals surface area (Å²) in [5.74, 6) is 0. The summed E-state index contributed by atoms with van der Waals surface area (Å²) in [6, 6.07) is 0. The fourth-order valence-corrected chi connectivity index (χ4v) is 9.60. The van der Waals surface area contributed by atoms with E-state index >= 15 is 4.20 Å². The Morgan fingerprint density at radius 1 is 0.737 bits per heavy atom. The molecule has 0 amide bonds. The van der Waals surface area contributed by atoms with Gasteiger partial charge in [0.25, 0.3) is 0 Å². The van der Waals surface area contributed by atoms with Crippen molar-refractivity contribution >= 4 is 6.91 Å². The Labute approximate surface area is 122 Å². The zero-order valence-corrected chi connectivity index (χ0v) is 15.3. The van der Waals surface area contributed by atoms with Gasteiger partial charge in [-0.05, 0) is 0 Å².